The number of hydrogen-bond donors (Lipinski definition) is 1. The van der Waals surface area contributed by atoms with E-state index < -0.39 is 0 Å². The third-order valence-electron chi connectivity index (χ3n) is 2.55. The van der Waals surface area contributed by atoms with Crippen molar-refractivity contribution in [1.82, 2.24) is 9.97 Å². The first-order valence-electron chi connectivity index (χ1n) is 5.72. The van der Waals surface area contributed by atoms with Crippen molar-refractivity contribution in [3.05, 3.63) is 18.2 Å². The van der Waals surface area contributed by atoms with E-state index in [9.17, 15) is 0 Å². The largest absolute Gasteiger partial charge is 0.494 e. The summed E-state index contributed by atoms with van der Waals surface area (Å²) in [6.07, 6.45) is 0.423. The van der Waals surface area contributed by atoms with Gasteiger partial charge in [0.15, 0.2) is 5.16 Å². The molecule has 3 rings (SSSR count). The molecule has 0 bridgehead atoms. The van der Waals surface area contributed by atoms with Crippen LogP contribution >= 0.6 is 11.8 Å². The number of imidazole rings is 1. The van der Waals surface area contributed by atoms with Gasteiger partial charge >= 0.3 is 0 Å². The quantitative estimate of drug-likeness (QED) is 0.654. The highest BCUT2D eigenvalue weighted by Gasteiger charge is 2.22. The fourth-order valence-corrected chi connectivity index (χ4v) is 2.51. The van der Waals surface area contributed by atoms with Gasteiger partial charge in [0, 0.05) is 11.8 Å². The monoisotopic (exact) mass is 250 g/mol. The van der Waals surface area contributed by atoms with Gasteiger partial charge in [-0.1, -0.05) is 11.8 Å². The Morgan fingerprint density at radius 3 is 3.24 bits per heavy atom. The van der Waals surface area contributed by atoms with Gasteiger partial charge in [-0.25, -0.2) is 4.98 Å². The molecule has 4 nitrogen and oxygen atoms in total. The van der Waals surface area contributed by atoms with Gasteiger partial charge < -0.3 is 14.5 Å². The Balaban J connectivity index is 1.78. The van der Waals surface area contributed by atoms with E-state index in [1.54, 1.807) is 11.8 Å². The Morgan fingerprint density at radius 1 is 1.59 bits per heavy atom. The molecule has 0 aliphatic carbocycles. The molecule has 17 heavy (non-hydrogen) atoms. The van der Waals surface area contributed by atoms with Gasteiger partial charge in [-0.05, 0) is 19.1 Å². The first-order chi connectivity index (χ1) is 8.35. The zero-order valence-corrected chi connectivity index (χ0v) is 10.4. The molecule has 1 aromatic heterocycles. The molecule has 1 aromatic carbocycles. The lowest BCUT2D eigenvalue weighted by Crippen LogP contribution is -1.90. The average molecular weight is 250 g/mol. The Morgan fingerprint density at radius 2 is 2.47 bits per heavy atom. The second-order valence-electron chi connectivity index (χ2n) is 3.92. The van der Waals surface area contributed by atoms with Crippen LogP contribution in [0.4, 0.5) is 0 Å². The number of H-pyrrole nitrogens is 1. The molecule has 1 aliphatic rings. The number of epoxide rings is 1. The minimum absolute atomic E-state index is 0.423. The molecule has 2 aromatic rings. The van der Waals surface area contributed by atoms with Crippen LogP contribution in [-0.4, -0.2) is 35.0 Å². The molecule has 1 fully saturated rings. The molecular weight excluding hydrogens is 236 g/mol. The zero-order valence-electron chi connectivity index (χ0n) is 9.60. The van der Waals surface area contributed by atoms with Crippen molar-refractivity contribution in [1.29, 1.82) is 0 Å². The minimum Gasteiger partial charge on any atom is -0.494 e. The number of thioether (sulfide) groups is 1. The maximum absolute atomic E-state index is 5.46. The topological polar surface area (TPSA) is 50.4 Å². The highest BCUT2D eigenvalue weighted by Crippen LogP contribution is 2.25. The molecule has 1 aliphatic heterocycles. The van der Waals surface area contributed by atoms with Crippen molar-refractivity contribution in [2.75, 3.05) is 19.0 Å². The third kappa shape index (κ3) is 2.56. The van der Waals surface area contributed by atoms with Crippen molar-refractivity contribution in [2.45, 2.75) is 18.2 Å². The number of ether oxygens (including phenoxy) is 2. The van der Waals surface area contributed by atoms with Crippen LogP contribution in [0, 0.1) is 0 Å². The van der Waals surface area contributed by atoms with Gasteiger partial charge in [0.05, 0.1) is 30.4 Å². The van der Waals surface area contributed by atoms with Crippen LogP contribution in [0.25, 0.3) is 11.0 Å². The van der Waals surface area contributed by atoms with Crippen LogP contribution < -0.4 is 4.74 Å². The summed E-state index contributed by atoms with van der Waals surface area (Å²) in [6, 6.07) is 5.92. The fraction of sp³-hybridized carbons (Fsp3) is 0.417. The Hall–Kier alpha value is -1.20. The molecule has 1 atom stereocenters. The van der Waals surface area contributed by atoms with E-state index >= 15 is 0 Å². The van der Waals surface area contributed by atoms with E-state index in [1.807, 2.05) is 25.1 Å². The van der Waals surface area contributed by atoms with Gasteiger partial charge in [-0.15, -0.1) is 0 Å². The second kappa shape index (κ2) is 4.58. The highest BCUT2D eigenvalue weighted by atomic mass is 32.2. The van der Waals surface area contributed by atoms with Crippen molar-refractivity contribution < 1.29 is 9.47 Å². The van der Waals surface area contributed by atoms with Gasteiger partial charge in [0.2, 0.25) is 0 Å². The van der Waals surface area contributed by atoms with Crippen LogP contribution in [0.1, 0.15) is 6.92 Å². The van der Waals surface area contributed by atoms with Crippen molar-refractivity contribution in [3.8, 4) is 5.75 Å². The maximum atomic E-state index is 5.46. The van der Waals surface area contributed by atoms with Gasteiger partial charge in [-0.2, -0.15) is 0 Å². The Bertz CT molecular complexity index is 522. The molecule has 0 spiro atoms. The SMILES string of the molecule is CCOc1ccc2nc(SCC3CO3)[nH]c2c1. The molecule has 1 unspecified atom stereocenters. The molecule has 90 valence electrons. The minimum atomic E-state index is 0.423. The molecular formula is C12H14N2O2S. The van der Waals surface area contributed by atoms with E-state index in [2.05, 4.69) is 9.97 Å². The number of rotatable bonds is 5. The molecule has 5 heteroatoms. The smallest absolute Gasteiger partial charge is 0.166 e. The van der Waals surface area contributed by atoms with E-state index in [0.717, 1.165) is 34.3 Å². The van der Waals surface area contributed by atoms with Crippen LogP contribution in [0.15, 0.2) is 23.4 Å². The van der Waals surface area contributed by atoms with Crippen molar-refractivity contribution in [3.63, 3.8) is 0 Å². The van der Waals surface area contributed by atoms with Crippen molar-refractivity contribution in [2.24, 2.45) is 0 Å². The predicted molar refractivity (Wildman–Crippen MR) is 67.7 cm³/mol. The summed E-state index contributed by atoms with van der Waals surface area (Å²) in [7, 11) is 0. The molecule has 1 saturated heterocycles. The summed E-state index contributed by atoms with van der Waals surface area (Å²) in [5, 5.41) is 0.948. The van der Waals surface area contributed by atoms with Crippen LogP contribution in [0.5, 0.6) is 5.75 Å². The lowest BCUT2D eigenvalue weighted by molar-refractivity contribution is 0.340. The number of hydrogen-bond acceptors (Lipinski definition) is 4. The summed E-state index contributed by atoms with van der Waals surface area (Å²) in [6.45, 7) is 3.55. The average Bonchev–Trinajstić information content (AvgIpc) is 3.06. The van der Waals surface area contributed by atoms with E-state index in [-0.39, 0.29) is 0 Å². The fourth-order valence-electron chi connectivity index (χ4n) is 1.63. The molecule has 0 radical (unpaired) electrons. The van der Waals surface area contributed by atoms with Gasteiger partial charge in [0.25, 0.3) is 0 Å². The Labute approximate surface area is 104 Å². The van der Waals surface area contributed by atoms with Crippen LogP contribution in [-0.2, 0) is 4.74 Å². The van der Waals surface area contributed by atoms with Gasteiger partial charge in [-0.3, -0.25) is 0 Å². The summed E-state index contributed by atoms with van der Waals surface area (Å²) in [5.41, 5.74) is 2.00. The summed E-state index contributed by atoms with van der Waals surface area (Å²) in [5.74, 6) is 1.85. The Kier molecular flexibility index (Phi) is 2.94. The molecule has 1 N–H and O–H groups in total. The zero-order chi connectivity index (χ0) is 11.7. The lowest BCUT2D eigenvalue weighted by atomic mass is 10.3. The standard InChI is InChI=1S/C12H14N2O2S/c1-2-15-8-3-4-10-11(5-8)14-12(13-10)17-7-9-6-16-9/h3-5,9H,2,6-7H2,1H3,(H,13,14). The highest BCUT2D eigenvalue weighted by molar-refractivity contribution is 7.99. The van der Waals surface area contributed by atoms with Crippen LogP contribution in [0.3, 0.4) is 0 Å². The number of nitrogens with zero attached hydrogens (tertiary/aromatic N) is 1. The first-order valence-corrected chi connectivity index (χ1v) is 6.70. The summed E-state index contributed by atoms with van der Waals surface area (Å²) >= 11 is 1.70. The number of fused-ring (bicyclic) bond motifs is 1. The summed E-state index contributed by atoms with van der Waals surface area (Å²) < 4.78 is 10.6. The van der Waals surface area contributed by atoms with E-state index in [4.69, 9.17) is 9.47 Å². The summed E-state index contributed by atoms with van der Waals surface area (Å²) in [4.78, 5) is 7.80. The van der Waals surface area contributed by atoms with E-state index in [1.165, 1.54) is 0 Å². The number of benzene rings is 1. The van der Waals surface area contributed by atoms with Crippen molar-refractivity contribution >= 4 is 22.8 Å². The van der Waals surface area contributed by atoms with Gasteiger partial charge in [0.1, 0.15) is 5.75 Å². The number of aromatic nitrogens is 2. The maximum Gasteiger partial charge on any atom is 0.166 e. The predicted octanol–water partition coefficient (Wildman–Crippen LogP) is 2.45. The normalized spacial score (nSPS) is 18.5. The molecule has 0 amide bonds. The van der Waals surface area contributed by atoms with E-state index in [0.29, 0.717) is 12.7 Å². The van der Waals surface area contributed by atoms with Crippen LogP contribution in [0.2, 0.25) is 0 Å². The third-order valence-corrected chi connectivity index (χ3v) is 3.56. The second-order valence-corrected chi connectivity index (χ2v) is 4.93. The number of nitrogens with one attached hydrogen (secondary N) is 1. The molecule has 0 saturated carbocycles. The molecule has 2 heterocycles. The number of aromatic amines is 1. The lowest BCUT2D eigenvalue weighted by Gasteiger charge is -2.00. The first kappa shape index (κ1) is 10.9.